The summed E-state index contributed by atoms with van der Waals surface area (Å²) in [6.45, 7) is 4.51. The number of aryl methyl sites for hydroxylation is 1. The lowest BCUT2D eigenvalue weighted by molar-refractivity contribution is 0.288. The van der Waals surface area contributed by atoms with Crippen molar-refractivity contribution >= 4 is 29.0 Å². The Morgan fingerprint density at radius 1 is 1.33 bits per heavy atom. The number of hydrogen-bond donors (Lipinski definition) is 1. The van der Waals surface area contributed by atoms with E-state index in [1.165, 1.54) is 11.8 Å². The summed E-state index contributed by atoms with van der Waals surface area (Å²) in [5.74, 6) is 0.159. The zero-order valence-corrected chi connectivity index (χ0v) is 11.7. The lowest BCUT2D eigenvalue weighted by atomic mass is 10.5. The van der Waals surface area contributed by atoms with Crippen LogP contribution in [0.25, 0.3) is 0 Å². The largest absolute Gasteiger partial charge is 0.463 e. The van der Waals surface area contributed by atoms with Crippen LogP contribution in [0.15, 0.2) is 14.9 Å². The third kappa shape index (κ3) is 3.54. The molecule has 0 aliphatic carbocycles. The number of anilines is 1. The van der Waals surface area contributed by atoms with Gasteiger partial charge in [0, 0.05) is 11.1 Å². The first-order chi connectivity index (χ1) is 8.67. The van der Waals surface area contributed by atoms with Gasteiger partial charge in [0.1, 0.15) is 0 Å². The Bertz CT molecular complexity index is 531. The van der Waals surface area contributed by atoms with Crippen LogP contribution in [0.5, 0.6) is 6.01 Å². The molecular weight excluding hydrogens is 270 g/mol. The van der Waals surface area contributed by atoms with E-state index in [0.717, 1.165) is 16.5 Å². The van der Waals surface area contributed by atoms with E-state index in [1.807, 2.05) is 19.2 Å². The number of nitrogens with two attached hydrogens (primary N) is 1. The maximum absolute atomic E-state index is 5.62. The molecule has 18 heavy (non-hydrogen) atoms. The van der Waals surface area contributed by atoms with Gasteiger partial charge in [-0.25, -0.2) is 4.98 Å². The molecule has 2 N–H and O–H groups in total. The van der Waals surface area contributed by atoms with Gasteiger partial charge in [-0.2, -0.15) is 15.0 Å². The van der Waals surface area contributed by atoms with E-state index in [0.29, 0.717) is 11.8 Å². The highest BCUT2D eigenvalue weighted by molar-refractivity contribution is 8.00. The second kappa shape index (κ2) is 5.96. The zero-order valence-electron chi connectivity index (χ0n) is 10.1. The van der Waals surface area contributed by atoms with Gasteiger partial charge in [-0.15, -0.1) is 11.3 Å². The second-order valence-corrected chi connectivity index (χ2v) is 5.54. The molecule has 2 rings (SSSR count). The number of ether oxygens (including phenoxy) is 1. The lowest BCUT2D eigenvalue weighted by Crippen LogP contribution is -2.05. The molecule has 0 amide bonds. The number of nitrogen functional groups attached to an aromatic ring is 1. The van der Waals surface area contributed by atoms with Gasteiger partial charge < -0.3 is 10.5 Å². The minimum Gasteiger partial charge on any atom is -0.463 e. The molecule has 6 nitrogen and oxygen atoms in total. The molecule has 0 aliphatic heterocycles. The first-order valence-corrected chi connectivity index (χ1v) is 7.11. The van der Waals surface area contributed by atoms with Crippen molar-refractivity contribution in [3.05, 3.63) is 11.1 Å². The number of aromatic nitrogens is 4. The molecule has 0 fully saturated rings. The number of rotatable bonds is 5. The van der Waals surface area contributed by atoms with Crippen LogP contribution in [-0.2, 0) is 0 Å². The molecule has 0 atom stereocenters. The van der Waals surface area contributed by atoms with Crippen LogP contribution in [0.3, 0.4) is 0 Å². The lowest BCUT2D eigenvalue weighted by Gasteiger charge is -2.04. The van der Waals surface area contributed by atoms with Gasteiger partial charge in [0.05, 0.1) is 6.61 Å². The Morgan fingerprint density at radius 3 is 2.83 bits per heavy atom. The number of thiazole rings is 1. The molecule has 0 aromatic carbocycles. The summed E-state index contributed by atoms with van der Waals surface area (Å²) < 4.78 is 6.22. The van der Waals surface area contributed by atoms with E-state index in [4.69, 9.17) is 10.5 Å². The zero-order chi connectivity index (χ0) is 13.0. The molecule has 0 unspecified atom stereocenters. The van der Waals surface area contributed by atoms with Gasteiger partial charge in [0.15, 0.2) is 4.34 Å². The van der Waals surface area contributed by atoms with Gasteiger partial charge in [-0.3, -0.25) is 0 Å². The van der Waals surface area contributed by atoms with Crippen LogP contribution < -0.4 is 10.5 Å². The topological polar surface area (TPSA) is 86.8 Å². The summed E-state index contributed by atoms with van der Waals surface area (Å²) in [5.41, 5.74) is 6.60. The summed E-state index contributed by atoms with van der Waals surface area (Å²) in [7, 11) is 0. The van der Waals surface area contributed by atoms with Crippen molar-refractivity contribution < 1.29 is 4.74 Å². The molecule has 0 saturated heterocycles. The maximum Gasteiger partial charge on any atom is 0.322 e. The Labute approximate surface area is 113 Å². The number of hydrogen-bond acceptors (Lipinski definition) is 8. The predicted molar refractivity (Wildman–Crippen MR) is 71.0 cm³/mol. The SMILES string of the molecule is CCCOc1nc(N)nc(Sc2nc(C)cs2)n1. The van der Waals surface area contributed by atoms with E-state index in [9.17, 15) is 0 Å². The summed E-state index contributed by atoms with van der Waals surface area (Å²) in [6.07, 6.45) is 0.889. The van der Waals surface area contributed by atoms with Crippen LogP contribution >= 0.6 is 23.1 Å². The summed E-state index contributed by atoms with van der Waals surface area (Å²) in [5, 5.41) is 2.48. The molecule has 0 spiro atoms. The predicted octanol–water partition coefficient (Wildman–Crippen LogP) is 2.16. The highest BCUT2D eigenvalue weighted by Gasteiger charge is 2.09. The van der Waals surface area contributed by atoms with Gasteiger partial charge in [-0.1, -0.05) is 6.92 Å². The molecule has 2 aromatic heterocycles. The van der Waals surface area contributed by atoms with Crippen LogP contribution in [0, 0.1) is 6.92 Å². The molecule has 2 heterocycles. The smallest absolute Gasteiger partial charge is 0.322 e. The van der Waals surface area contributed by atoms with Crippen molar-refractivity contribution in [1.29, 1.82) is 0 Å². The Balaban J connectivity index is 2.14. The van der Waals surface area contributed by atoms with Crippen LogP contribution in [0.1, 0.15) is 19.0 Å². The van der Waals surface area contributed by atoms with Crippen molar-refractivity contribution in [3.8, 4) is 6.01 Å². The van der Waals surface area contributed by atoms with Crippen molar-refractivity contribution in [1.82, 2.24) is 19.9 Å². The highest BCUT2D eigenvalue weighted by Crippen LogP contribution is 2.28. The molecule has 0 bridgehead atoms. The highest BCUT2D eigenvalue weighted by atomic mass is 32.2. The minimum atomic E-state index is 0.159. The van der Waals surface area contributed by atoms with Crippen molar-refractivity contribution in [2.45, 2.75) is 29.8 Å². The van der Waals surface area contributed by atoms with Crippen molar-refractivity contribution in [2.24, 2.45) is 0 Å². The van der Waals surface area contributed by atoms with Crippen LogP contribution in [0.4, 0.5) is 5.95 Å². The van der Waals surface area contributed by atoms with Crippen molar-refractivity contribution in [3.63, 3.8) is 0 Å². The number of nitrogens with zero attached hydrogens (tertiary/aromatic N) is 4. The molecule has 0 aliphatic rings. The minimum absolute atomic E-state index is 0.159. The van der Waals surface area contributed by atoms with E-state index in [1.54, 1.807) is 11.3 Å². The second-order valence-electron chi connectivity index (χ2n) is 3.46. The van der Waals surface area contributed by atoms with Crippen LogP contribution in [0.2, 0.25) is 0 Å². The monoisotopic (exact) mass is 283 g/mol. The molecule has 96 valence electrons. The molecule has 2 aromatic rings. The fourth-order valence-corrected chi connectivity index (χ4v) is 2.80. The molecule has 0 saturated carbocycles. The van der Waals surface area contributed by atoms with Gasteiger partial charge >= 0.3 is 6.01 Å². The molecule has 0 radical (unpaired) electrons. The Hall–Kier alpha value is -1.41. The third-order valence-electron chi connectivity index (χ3n) is 1.82. The van der Waals surface area contributed by atoms with Crippen LogP contribution in [-0.4, -0.2) is 26.5 Å². The van der Waals surface area contributed by atoms with E-state index < -0.39 is 0 Å². The fourth-order valence-electron chi connectivity index (χ4n) is 1.11. The van der Waals surface area contributed by atoms with E-state index in [2.05, 4.69) is 19.9 Å². The quantitative estimate of drug-likeness (QED) is 0.899. The van der Waals surface area contributed by atoms with Crippen molar-refractivity contribution in [2.75, 3.05) is 12.3 Å². The maximum atomic E-state index is 5.62. The third-order valence-corrected chi connectivity index (χ3v) is 3.75. The standard InChI is InChI=1S/C10H13N5OS2/c1-3-4-16-8-13-7(11)14-9(15-8)18-10-12-6(2)5-17-10/h5H,3-4H2,1-2H3,(H2,11,13,14,15). The average molecular weight is 283 g/mol. The summed E-state index contributed by atoms with van der Waals surface area (Å²) in [4.78, 5) is 16.5. The summed E-state index contributed by atoms with van der Waals surface area (Å²) in [6, 6.07) is 0.264. The average Bonchev–Trinajstić information content (AvgIpc) is 2.71. The van der Waals surface area contributed by atoms with Gasteiger partial charge in [-0.05, 0) is 25.1 Å². The summed E-state index contributed by atoms with van der Waals surface area (Å²) >= 11 is 2.90. The Morgan fingerprint density at radius 2 is 2.17 bits per heavy atom. The Kier molecular flexibility index (Phi) is 4.32. The van der Waals surface area contributed by atoms with E-state index in [-0.39, 0.29) is 12.0 Å². The molecular formula is C10H13N5OS2. The normalized spacial score (nSPS) is 10.6. The first kappa shape index (κ1) is 13.0. The molecule has 8 heteroatoms. The van der Waals surface area contributed by atoms with Gasteiger partial charge in [0.2, 0.25) is 11.1 Å². The van der Waals surface area contributed by atoms with Gasteiger partial charge in [0.25, 0.3) is 0 Å². The fraction of sp³-hybridized carbons (Fsp3) is 0.400. The first-order valence-electron chi connectivity index (χ1n) is 5.41. The van der Waals surface area contributed by atoms with E-state index >= 15 is 0 Å².